The van der Waals surface area contributed by atoms with Gasteiger partial charge in [0.2, 0.25) is 0 Å². The molecule has 2 heterocycles. The molecule has 1 N–H and O–H groups in total. The van der Waals surface area contributed by atoms with Crippen LogP contribution in [0.15, 0.2) is 0 Å². The maximum Gasteiger partial charge on any atom is 0.429 e. The van der Waals surface area contributed by atoms with E-state index in [4.69, 9.17) is 4.84 Å². The Morgan fingerprint density at radius 3 is 2.35 bits per heavy atom. The van der Waals surface area contributed by atoms with Gasteiger partial charge in [0.1, 0.15) is 0 Å². The molecule has 0 saturated carbocycles. The highest BCUT2D eigenvalue weighted by molar-refractivity contribution is 14.1. The second-order valence-corrected chi connectivity index (χ2v) is 5.20. The van der Waals surface area contributed by atoms with Crippen LogP contribution in [-0.4, -0.2) is 48.1 Å². The number of carbonyl (C=O) groups excluding carboxylic acids is 1. The van der Waals surface area contributed by atoms with Crippen LogP contribution in [0.1, 0.15) is 32.1 Å². The first-order chi connectivity index (χ1) is 8.31. The van der Waals surface area contributed by atoms with Crippen molar-refractivity contribution in [2.24, 2.45) is 0 Å². The van der Waals surface area contributed by atoms with Crippen LogP contribution in [0.5, 0.6) is 0 Å². The Balaban J connectivity index is 1.75. The molecule has 0 aliphatic carbocycles. The average molecular weight is 353 g/mol. The van der Waals surface area contributed by atoms with Crippen LogP contribution in [0.3, 0.4) is 0 Å². The van der Waals surface area contributed by atoms with E-state index in [9.17, 15) is 4.79 Å². The molecule has 0 radical (unpaired) electrons. The summed E-state index contributed by atoms with van der Waals surface area (Å²) in [4.78, 5) is 20.7. The highest BCUT2D eigenvalue weighted by Gasteiger charge is 2.28. The molecule has 2 aliphatic rings. The van der Waals surface area contributed by atoms with Gasteiger partial charge in [0.05, 0.1) is 22.9 Å². The smallest absolute Gasteiger partial charge is 0.344 e. The highest BCUT2D eigenvalue weighted by Crippen LogP contribution is 2.21. The number of hydrogen-bond donors (Lipinski definition) is 1. The fourth-order valence-corrected chi connectivity index (χ4v) is 2.98. The van der Waals surface area contributed by atoms with Crippen molar-refractivity contribution in [2.45, 2.75) is 38.1 Å². The van der Waals surface area contributed by atoms with Gasteiger partial charge in [-0.25, -0.2) is 4.79 Å². The van der Waals surface area contributed by atoms with Gasteiger partial charge < -0.3 is 14.6 Å². The molecule has 0 aromatic carbocycles. The van der Waals surface area contributed by atoms with Gasteiger partial charge in [-0.1, -0.05) is 10.1 Å². The van der Waals surface area contributed by atoms with Crippen molar-refractivity contribution in [1.82, 2.24) is 13.5 Å². The lowest BCUT2D eigenvalue weighted by Crippen LogP contribution is -2.48. The van der Waals surface area contributed by atoms with E-state index in [2.05, 4.69) is 8.59 Å². The van der Waals surface area contributed by atoms with Crippen molar-refractivity contribution in [2.75, 3.05) is 26.2 Å². The Kier molecular flexibility index (Phi) is 5.30. The number of nitrogens with one attached hydrogen (secondary N) is 1. The monoisotopic (exact) mass is 353 g/mol. The van der Waals surface area contributed by atoms with Crippen molar-refractivity contribution < 1.29 is 9.63 Å². The topological polar surface area (TPSA) is 44.8 Å². The van der Waals surface area contributed by atoms with Crippen LogP contribution in [0.4, 0.5) is 4.79 Å². The molecule has 0 aromatic heterocycles. The fraction of sp³-hybridized carbons (Fsp3) is 0.909. The predicted octanol–water partition coefficient (Wildman–Crippen LogP) is 1.93. The lowest BCUT2D eigenvalue weighted by Gasteiger charge is -2.39. The number of rotatable bonds is 2. The molecular weight excluding hydrogens is 333 g/mol. The van der Waals surface area contributed by atoms with E-state index in [1.54, 1.807) is 4.90 Å². The van der Waals surface area contributed by atoms with Gasteiger partial charge in [-0.3, -0.25) is 0 Å². The zero-order valence-electron chi connectivity index (χ0n) is 10.0. The third kappa shape index (κ3) is 3.69. The first-order valence-electron chi connectivity index (χ1n) is 6.36. The molecule has 0 aromatic rings. The zero-order chi connectivity index (χ0) is 12.1. The maximum absolute atomic E-state index is 11.5. The molecule has 0 spiro atoms. The Labute approximate surface area is 116 Å². The first-order valence-corrected chi connectivity index (χ1v) is 7.44. The highest BCUT2D eigenvalue weighted by atomic mass is 127. The molecule has 2 aliphatic heterocycles. The molecule has 2 saturated heterocycles. The lowest BCUT2D eigenvalue weighted by molar-refractivity contribution is 0.0605. The Bertz CT molecular complexity index is 251. The summed E-state index contributed by atoms with van der Waals surface area (Å²) < 4.78 is 2.41. The number of piperidine rings is 2. The number of hydrogen-bond acceptors (Lipinski definition) is 4. The van der Waals surface area contributed by atoms with Crippen molar-refractivity contribution in [1.29, 1.82) is 0 Å². The van der Waals surface area contributed by atoms with E-state index in [0.717, 1.165) is 25.9 Å². The lowest BCUT2D eigenvalue weighted by atomic mass is 10.0. The van der Waals surface area contributed by atoms with Crippen molar-refractivity contribution in [3.05, 3.63) is 0 Å². The fourth-order valence-electron chi connectivity index (χ4n) is 2.79. The van der Waals surface area contributed by atoms with Gasteiger partial charge in [0.15, 0.2) is 0 Å². The summed E-state index contributed by atoms with van der Waals surface area (Å²) in [5, 5.41) is 0. The normalized spacial score (nSPS) is 23.7. The van der Waals surface area contributed by atoms with Crippen LogP contribution < -0.4 is 3.69 Å². The summed E-state index contributed by atoms with van der Waals surface area (Å²) in [6.45, 7) is 4.12. The van der Waals surface area contributed by atoms with Crippen LogP contribution in [0.25, 0.3) is 0 Å². The minimum Gasteiger partial charge on any atom is -0.344 e. The van der Waals surface area contributed by atoms with Gasteiger partial charge >= 0.3 is 6.09 Å². The van der Waals surface area contributed by atoms with Crippen LogP contribution in [0, 0.1) is 0 Å². The summed E-state index contributed by atoms with van der Waals surface area (Å²) in [7, 11) is 0. The van der Waals surface area contributed by atoms with E-state index < -0.39 is 0 Å². The largest absolute Gasteiger partial charge is 0.429 e. The third-order valence-corrected chi connectivity index (χ3v) is 3.98. The van der Waals surface area contributed by atoms with E-state index in [-0.39, 0.29) is 6.09 Å². The molecule has 0 atom stereocenters. The van der Waals surface area contributed by atoms with Gasteiger partial charge in [0.25, 0.3) is 0 Å². The summed E-state index contributed by atoms with van der Waals surface area (Å²) in [6, 6.07) is 0.673. The molecule has 5 nitrogen and oxygen atoms in total. The van der Waals surface area contributed by atoms with Crippen LogP contribution in [0.2, 0.25) is 0 Å². The van der Waals surface area contributed by atoms with Gasteiger partial charge in [-0.15, -0.1) is 0 Å². The SMILES string of the molecule is O=C(ONI)N1CCC(N2CCCCC2)CC1. The Morgan fingerprint density at radius 2 is 1.76 bits per heavy atom. The number of halogens is 1. The van der Waals surface area contributed by atoms with E-state index in [1.165, 1.54) is 32.4 Å². The quantitative estimate of drug-likeness (QED) is 0.468. The Hall–Kier alpha value is -0.0800. The number of nitrogens with zero attached hydrogens (tertiary/aromatic N) is 2. The Morgan fingerprint density at radius 1 is 1.12 bits per heavy atom. The molecule has 98 valence electrons. The molecule has 6 heteroatoms. The second kappa shape index (κ2) is 6.75. The summed E-state index contributed by atoms with van der Waals surface area (Å²) in [6.07, 6.45) is 5.95. The van der Waals surface area contributed by atoms with Gasteiger partial charge in [-0.2, -0.15) is 0 Å². The molecular formula is C11H20IN3O2. The van der Waals surface area contributed by atoms with E-state index >= 15 is 0 Å². The zero-order valence-corrected chi connectivity index (χ0v) is 12.2. The second-order valence-electron chi connectivity index (χ2n) is 4.76. The first kappa shape index (κ1) is 13.4. The summed E-state index contributed by atoms with van der Waals surface area (Å²) in [5.41, 5.74) is 0. The van der Waals surface area contributed by atoms with Gasteiger partial charge in [-0.05, 0) is 38.8 Å². The molecule has 0 unspecified atom stereocenters. The number of carbonyl (C=O) groups is 1. The third-order valence-electron chi connectivity index (χ3n) is 3.76. The standard InChI is InChI=1S/C11H20IN3O2/c12-13-17-11(16)15-8-4-10(5-9-15)14-6-2-1-3-7-14/h10,13H,1-9H2. The molecule has 17 heavy (non-hydrogen) atoms. The minimum atomic E-state index is -0.253. The van der Waals surface area contributed by atoms with Crippen LogP contribution >= 0.6 is 22.9 Å². The van der Waals surface area contributed by atoms with Crippen molar-refractivity contribution in [3.8, 4) is 0 Å². The van der Waals surface area contributed by atoms with E-state index in [0.29, 0.717) is 6.04 Å². The van der Waals surface area contributed by atoms with E-state index in [1.807, 2.05) is 22.9 Å². The predicted molar refractivity (Wildman–Crippen MR) is 73.7 cm³/mol. The van der Waals surface area contributed by atoms with Gasteiger partial charge in [0, 0.05) is 19.1 Å². The number of amides is 1. The molecule has 0 bridgehead atoms. The van der Waals surface area contributed by atoms with Crippen molar-refractivity contribution >= 4 is 29.0 Å². The molecule has 1 amide bonds. The molecule has 2 fully saturated rings. The van der Waals surface area contributed by atoms with Crippen molar-refractivity contribution in [3.63, 3.8) is 0 Å². The van der Waals surface area contributed by atoms with Crippen LogP contribution in [-0.2, 0) is 4.84 Å². The summed E-state index contributed by atoms with van der Waals surface area (Å²) >= 11 is 1.81. The minimum absolute atomic E-state index is 0.253. The summed E-state index contributed by atoms with van der Waals surface area (Å²) in [5.74, 6) is 0. The average Bonchev–Trinajstić information content (AvgIpc) is 2.40. The maximum atomic E-state index is 11.5. The molecule has 2 rings (SSSR count). The number of likely N-dealkylation sites (tertiary alicyclic amines) is 2.